The second kappa shape index (κ2) is 11.7. The number of benzene rings is 3. The number of hydrogen-bond acceptors (Lipinski definition) is 5. The molecule has 1 amide bonds. The van der Waals surface area contributed by atoms with Crippen molar-refractivity contribution in [3.05, 3.63) is 86.4 Å². The molecule has 1 saturated heterocycles. The Morgan fingerprint density at radius 2 is 1.64 bits per heavy atom. The van der Waals surface area contributed by atoms with E-state index in [1.807, 2.05) is 24.3 Å². The Morgan fingerprint density at radius 3 is 2.25 bits per heavy atom. The van der Waals surface area contributed by atoms with E-state index in [4.69, 9.17) is 27.9 Å². The van der Waals surface area contributed by atoms with Crippen LogP contribution in [-0.4, -0.2) is 35.4 Å². The molecule has 0 atom stereocenters. The van der Waals surface area contributed by atoms with Gasteiger partial charge in [-0.2, -0.15) is 0 Å². The minimum Gasteiger partial charge on any atom is -0.457 e. The summed E-state index contributed by atoms with van der Waals surface area (Å²) in [6, 6.07) is 17.4. The summed E-state index contributed by atoms with van der Waals surface area (Å²) in [5.41, 5.74) is 2.86. The van der Waals surface area contributed by atoms with Gasteiger partial charge in [-0.3, -0.25) is 19.8 Å². The predicted molar refractivity (Wildman–Crippen MR) is 142 cm³/mol. The van der Waals surface area contributed by atoms with Crippen LogP contribution in [-0.2, 0) is 11.3 Å². The van der Waals surface area contributed by atoms with Gasteiger partial charge in [-0.1, -0.05) is 23.2 Å². The number of nitrogens with zero attached hydrogens (tertiary/aromatic N) is 2. The highest BCUT2D eigenvalue weighted by molar-refractivity contribution is 6.35. The molecule has 0 bridgehead atoms. The van der Waals surface area contributed by atoms with Gasteiger partial charge in [0, 0.05) is 42.2 Å². The van der Waals surface area contributed by atoms with Crippen LogP contribution >= 0.6 is 23.2 Å². The number of rotatable bonds is 8. The lowest BCUT2D eigenvalue weighted by Gasteiger charge is -2.32. The second-order valence-corrected chi connectivity index (χ2v) is 9.91. The molecule has 0 aromatic heterocycles. The summed E-state index contributed by atoms with van der Waals surface area (Å²) in [6.45, 7) is 4.89. The van der Waals surface area contributed by atoms with Crippen molar-refractivity contribution >= 4 is 34.8 Å². The van der Waals surface area contributed by atoms with Gasteiger partial charge in [0.15, 0.2) is 0 Å². The predicted octanol–water partition coefficient (Wildman–Crippen LogP) is 6.71. The Balaban J connectivity index is 1.55. The molecule has 0 spiro atoms. The lowest BCUT2D eigenvalue weighted by Crippen LogP contribution is -2.37. The van der Waals surface area contributed by atoms with Gasteiger partial charge in [-0.05, 0) is 97.1 Å². The zero-order valence-corrected chi connectivity index (χ0v) is 21.4. The molecule has 1 heterocycles. The maximum atomic E-state index is 11.2. The number of amides is 1. The van der Waals surface area contributed by atoms with Gasteiger partial charge in [0.2, 0.25) is 5.91 Å². The number of carbonyl (C=O) groups excluding carboxylic acids is 1. The third kappa shape index (κ3) is 7.20. The third-order valence-corrected chi connectivity index (χ3v) is 6.63. The van der Waals surface area contributed by atoms with Gasteiger partial charge >= 0.3 is 0 Å². The SMILES string of the molecule is CC(=O)NCC1CCN(Cc2cc(Oc3ccc([N+](=O)[O-])cc3)cc(-c3cc(Cl)cc(Cl)c3)c2)CC1. The lowest BCUT2D eigenvalue weighted by atomic mass is 9.96. The molecule has 3 aromatic rings. The van der Waals surface area contributed by atoms with Crippen molar-refractivity contribution in [2.45, 2.75) is 26.3 Å². The van der Waals surface area contributed by atoms with Crippen LogP contribution in [0.1, 0.15) is 25.3 Å². The molecular weight excluding hydrogens is 501 g/mol. The topological polar surface area (TPSA) is 84.7 Å². The van der Waals surface area contributed by atoms with Crippen molar-refractivity contribution in [2.75, 3.05) is 19.6 Å². The highest BCUT2D eigenvalue weighted by Gasteiger charge is 2.20. The van der Waals surface area contributed by atoms with E-state index in [1.165, 1.54) is 12.1 Å². The molecule has 1 N–H and O–H groups in total. The number of nitro groups is 1. The number of piperidine rings is 1. The monoisotopic (exact) mass is 527 g/mol. The minimum atomic E-state index is -0.440. The molecule has 36 heavy (non-hydrogen) atoms. The maximum Gasteiger partial charge on any atom is 0.269 e. The smallest absolute Gasteiger partial charge is 0.269 e. The first-order chi connectivity index (χ1) is 17.2. The normalized spacial score (nSPS) is 14.4. The molecule has 3 aromatic carbocycles. The van der Waals surface area contributed by atoms with Gasteiger partial charge in [-0.15, -0.1) is 0 Å². The summed E-state index contributed by atoms with van der Waals surface area (Å²) in [7, 11) is 0. The summed E-state index contributed by atoms with van der Waals surface area (Å²) >= 11 is 12.5. The number of carbonyl (C=O) groups is 1. The van der Waals surface area contributed by atoms with Gasteiger partial charge in [-0.25, -0.2) is 0 Å². The second-order valence-electron chi connectivity index (χ2n) is 9.03. The van der Waals surface area contributed by atoms with Crippen LogP contribution in [0.5, 0.6) is 11.5 Å². The number of halogens is 2. The van der Waals surface area contributed by atoms with Crippen LogP contribution in [0, 0.1) is 16.0 Å². The summed E-state index contributed by atoms with van der Waals surface area (Å²) in [5.74, 6) is 1.63. The first-order valence-corrected chi connectivity index (χ1v) is 12.5. The summed E-state index contributed by atoms with van der Waals surface area (Å²) in [6.07, 6.45) is 2.05. The summed E-state index contributed by atoms with van der Waals surface area (Å²) in [4.78, 5) is 24.1. The van der Waals surface area contributed by atoms with Crippen molar-refractivity contribution in [1.82, 2.24) is 10.2 Å². The van der Waals surface area contributed by atoms with E-state index in [9.17, 15) is 14.9 Å². The first kappa shape index (κ1) is 25.9. The van der Waals surface area contributed by atoms with E-state index in [-0.39, 0.29) is 11.6 Å². The molecule has 188 valence electrons. The van der Waals surface area contributed by atoms with Crippen LogP contribution in [0.4, 0.5) is 5.69 Å². The summed E-state index contributed by atoms with van der Waals surface area (Å²) < 4.78 is 6.09. The van der Waals surface area contributed by atoms with Crippen molar-refractivity contribution in [3.8, 4) is 22.6 Å². The van der Waals surface area contributed by atoms with Crippen LogP contribution in [0.2, 0.25) is 10.0 Å². The number of likely N-dealkylation sites (tertiary alicyclic amines) is 1. The van der Waals surface area contributed by atoms with Crippen LogP contribution in [0.3, 0.4) is 0 Å². The van der Waals surface area contributed by atoms with Crippen molar-refractivity contribution in [2.24, 2.45) is 5.92 Å². The Kier molecular flexibility index (Phi) is 8.46. The Morgan fingerprint density at radius 1 is 1.00 bits per heavy atom. The first-order valence-electron chi connectivity index (χ1n) is 11.7. The van der Waals surface area contributed by atoms with E-state index in [0.29, 0.717) is 27.5 Å². The Hall–Kier alpha value is -3.13. The van der Waals surface area contributed by atoms with Crippen molar-refractivity contribution in [1.29, 1.82) is 0 Å². The Labute approximate surface area is 220 Å². The van der Waals surface area contributed by atoms with E-state index in [0.717, 1.165) is 55.7 Å². The Bertz CT molecular complexity index is 1220. The van der Waals surface area contributed by atoms with Crippen molar-refractivity contribution < 1.29 is 14.5 Å². The highest BCUT2D eigenvalue weighted by Crippen LogP contribution is 2.33. The number of non-ortho nitro benzene ring substituents is 1. The number of nitrogens with one attached hydrogen (secondary N) is 1. The summed E-state index contributed by atoms with van der Waals surface area (Å²) in [5, 5.41) is 15.0. The number of nitro benzene ring substituents is 1. The number of ether oxygens (including phenoxy) is 1. The molecule has 1 aliphatic heterocycles. The molecular formula is C27H27Cl2N3O4. The molecule has 0 aliphatic carbocycles. The fourth-order valence-corrected chi connectivity index (χ4v) is 4.89. The van der Waals surface area contributed by atoms with Gasteiger partial charge in [0.25, 0.3) is 5.69 Å². The van der Waals surface area contributed by atoms with E-state index in [1.54, 1.807) is 25.1 Å². The number of hydrogen-bond donors (Lipinski definition) is 1. The zero-order chi connectivity index (χ0) is 25.7. The standard InChI is InChI=1S/C27H27Cl2N3O4/c1-18(33)30-16-19-6-8-31(9-7-19)17-20-10-21(22-12-23(28)15-24(29)13-22)14-27(11-20)36-26-4-2-25(3-5-26)32(34)35/h2-5,10-15,19H,6-9,16-17H2,1H3,(H,30,33). The molecule has 0 saturated carbocycles. The quantitative estimate of drug-likeness (QED) is 0.260. The highest BCUT2D eigenvalue weighted by atomic mass is 35.5. The van der Waals surface area contributed by atoms with E-state index in [2.05, 4.69) is 16.3 Å². The fourth-order valence-electron chi connectivity index (χ4n) is 4.37. The molecule has 4 rings (SSSR count). The zero-order valence-electron chi connectivity index (χ0n) is 19.9. The largest absolute Gasteiger partial charge is 0.457 e. The minimum absolute atomic E-state index is 0.00673. The molecule has 0 unspecified atom stereocenters. The maximum absolute atomic E-state index is 11.2. The van der Waals surface area contributed by atoms with Crippen molar-refractivity contribution in [3.63, 3.8) is 0 Å². The third-order valence-electron chi connectivity index (χ3n) is 6.20. The van der Waals surface area contributed by atoms with Crippen LogP contribution < -0.4 is 10.1 Å². The molecule has 7 nitrogen and oxygen atoms in total. The fraction of sp³-hybridized carbons (Fsp3) is 0.296. The van der Waals surface area contributed by atoms with Crippen LogP contribution in [0.25, 0.3) is 11.1 Å². The van der Waals surface area contributed by atoms with Gasteiger partial charge < -0.3 is 10.1 Å². The van der Waals surface area contributed by atoms with Crippen LogP contribution in [0.15, 0.2) is 60.7 Å². The average Bonchev–Trinajstić information content (AvgIpc) is 2.83. The average molecular weight is 528 g/mol. The molecule has 1 aliphatic rings. The molecule has 0 radical (unpaired) electrons. The lowest BCUT2D eigenvalue weighted by molar-refractivity contribution is -0.384. The molecule has 1 fully saturated rings. The van der Waals surface area contributed by atoms with Gasteiger partial charge in [0.05, 0.1) is 4.92 Å². The molecule has 9 heteroatoms. The van der Waals surface area contributed by atoms with Gasteiger partial charge in [0.1, 0.15) is 11.5 Å². The van der Waals surface area contributed by atoms with E-state index >= 15 is 0 Å². The van der Waals surface area contributed by atoms with E-state index < -0.39 is 4.92 Å².